The molecule has 0 atom stereocenters. The predicted octanol–water partition coefficient (Wildman–Crippen LogP) is 4.26. The molecule has 0 fully saturated rings. The van der Waals surface area contributed by atoms with E-state index >= 15 is 0 Å². The van der Waals surface area contributed by atoms with E-state index in [9.17, 15) is 0 Å². The summed E-state index contributed by atoms with van der Waals surface area (Å²) < 4.78 is 0. The summed E-state index contributed by atoms with van der Waals surface area (Å²) in [7, 11) is 0. The molecule has 0 aliphatic rings. The highest BCUT2D eigenvalue weighted by Crippen LogP contribution is 2.19. The minimum absolute atomic E-state index is 0.195. The second-order valence-electron chi connectivity index (χ2n) is 6.25. The number of nitrogens with zero attached hydrogens (tertiary/aromatic N) is 1. The fourth-order valence-electron chi connectivity index (χ4n) is 2.08. The van der Waals surface area contributed by atoms with Crippen molar-refractivity contribution < 1.29 is 0 Å². The van der Waals surface area contributed by atoms with Crippen molar-refractivity contribution in [3.8, 4) is 0 Å². The van der Waals surface area contributed by atoms with Gasteiger partial charge >= 0.3 is 0 Å². The minimum Gasteiger partial charge on any atom is -0.307 e. The van der Waals surface area contributed by atoms with E-state index < -0.39 is 0 Å². The first-order valence-electron chi connectivity index (χ1n) is 7.49. The molecule has 0 bridgehead atoms. The molecule has 0 radical (unpaired) electrons. The Morgan fingerprint density at radius 2 is 1.63 bits per heavy atom. The summed E-state index contributed by atoms with van der Waals surface area (Å²) in [6.07, 6.45) is 2.48. The fourth-order valence-corrected chi connectivity index (χ4v) is 3.08. The largest absolute Gasteiger partial charge is 0.307 e. The van der Waals surface area contributed by atoms with Crippen molar-refractivity contribution in [2.75, 3.05) is 13.1 Å². The summed E-state index contributed by atoms with van der Waals surface area (Å²) in [6, 6.07) is 4.57. The van der Waals surface area contributed by atoms with Crippen LogP contribution in [0.5, 0.6) is 0 Å². The molecule has 0 aromatic carbocycles. The number of nitrogens with one attached hydrogen (secondary N) is 1. The van der Waals surface area contributed by atoms with Gasteiger partial charge < -0.3 is 5.32 Å². The molecular formula is C16H30N2S. The second kappa shape index (κ2) is 8.03. The Hall–Kier alpha value is -0.380. The maximum absolute atomic E-state index is 3.55. The van der Waals surface area contributed by atoms with Crippen LogP contribution in [0.15, 0.2) is 12.1 Å². The standard InChI is InChI=1S/C16H30N2S/c1-6-10-18(11-7-2)13-15-9-8-14(19-15)12-17-16(3,4)5/h8-9,17H,6-7,10-13H2,1-5H3. The van der Waals surface area contributed by atoms with Crippen LogP contribution in [-0.4, -0.2) is 23.5 Å². The molecule has 1 heterocycles. The molecule has 0 unspecified atom stereocenters. The van der Waals surface area contributed by atoms with Gasteiger partial charge in [0.15, 0.2) is 0 Å². The van der Waals surface area contributed by atoms with Crippen molar-refractivity contribution in [3.63, 3.8) is 0 Å². The predicted molar refractivity (Wildman–Crippen MR) is 86.8 cm³/mol. The first kappa shape index (κ1) is 16.7. The summed E-state index contributed by atoms with van der Waals surface area (Å²) in [4.78, 5) is 5.50. The molecule has 0 spiro atoms. The zero-order valence-electron chi connectivity index (χ0n) is 13.3. The molecule has 0 aliphatic heterocycles. The first-order chi connectivity index (χ1) is 8.94. The Morgan fingerprint density at radius 3 is 2.16 bits per heavy atom. The van der Waals surface area contributed by atoms with Crippen LogP contribution in [0, 0.1) is 0 Å². The highest BCUT2D eigenvalue weighted by atomic mass is 32.1. The van der Waals surface area contributed by atoms with E-state index in [0.29, 0.717) is 0 Å². The number of hydrogen-bond donors (Lipinski definition) is 1. The molecule has 1 aromatic heterocycles. The van der Waals surface area contributed by atoms with Crippen molar-refractivity contribution in [3.05, 3.63) is 21.9 Å². The molecule has 110 valence electrons. The summed E-state index contributed by atoms with van der Waals surface area (Å²) >= 11 is 1.95. The Bertz CT molecular complexity index is 346. The number of hydrogen-bond acceptors (Lipinski definition) is 3. The molecule has 1 aromatic rings. The van der Waals surface area contributed by atoms with Gasteiger partial charge in [-0.2, -0.15) is 0 Å². The average Bonchev–Trinajstić information content (AvgIpc) is 2.74. The maximum Gasteiger partial charge on any atom is 0.0328 e. The minimum atomic E-state index is 0.195. The van der Waals surface area contributed by atoms with Crippen molar-refractivity contribution >= 4 is 11.3 Å². The lowest BCUT2D eigenvalue weighted by Gasteiger charge is -2.20. The molecular weight excluding hydrogens is 252 g/mol. The Balaban J connectivity index is 2.48. The smallest absolute Gasteiger partial charge is 0.0328 e. The molecule has 3 heteroatoms. The van der Waals surface area contributed by atoms with Crippen molar-refractivity contribution in [2.45, 2.75) is 66.1 Å². The van der Waals surface area contributed by atoms with E-state index in [2.05, 4.69) is 57.0 Å². The quantitative estimate of drug-likeness (QED) is 0.766. The average molecular weight is 282 g/mol. The van der Waals surface area contributed by atoms with Crippen LogP contribution >= 0.6 is 11.3 Å². The molecule has 0 amide bonds. The monoisotopic (exact) mass is 282 g/mol. The molecule has 0 saturated carbocycles. The van der Waals surface area contributed by atoms with E-state index in [1.54, 1.807) is 0 Å². The van der Waals surface area contributed by atoms with Crippen molar-refractivity contribution in [1.82, 2.24) is 10.2 Å². The van der Waals surface area contributed by atoms with Gasteiger partial charge in [-0.1, -0.05) is 13.8 Å². The SMILES string of the molecule is CCCN(CCC)Cc1ccc(CNC(C)(C)C)s1. The van der Waals surface area contributed by atoms with Gasteiger partial charge in [0.1, 0.15) is 0 Å². The summed E-state index contributed by atoms with van der Waals surface area (Å²) in [5.74, 6) is 0. The van der Waals surface area contributed by atoms with E-state index in [1.165, 1.54) is 35.7 Å². The third-order valence-corrected chi connectivity index (χ3v) is 4.04. The third-order valence-electron chi connectivity index (χ3n) is 2.97. The second-order valence-corrected chi connectivity index (χ2v) is 7.50. The van der Waals surface area contributed by atoms with Crippen LogP contribution in [0.4, 0.5) is 0 Å². The van der Waals surface area contributed by atoms with E-state index in [1.807, 2.05) is 11.3 Å². The molecule has 2 nitrogen and oxygen atoms in total. The lowest BCUT2D eigenvalue weighted by atomic mass is 10.1. The number of rotatable bonds is 8. The van der Waals surface area contributed by atoms with Gasteiger partial charge in [-0.15, -0.1) is 11.3 Å². The van der Waals surface area contributed by atoms with Gasteiger partial charge in [-0.05, 0) is 58.8 Å². The molecule has 0 saturated heterocycles. The van der Waals surface area contributed by atoms with Crippen molar-refractivity contribution in [2.24, 2.45) is 0 Å². The van der Waals surface area contributed by atoms with E-state index in [4.69, 9.17) is 0 Å². The summed E-state index contributed by atoms with van der Waals surface area (Å²) in [5.41, 5.74) is 0.195. The van der Waals surface area contributed by atoms with Crippen LogP contribution in [0.1, 0.15) is 57.2 Å². The Kier molecular flexibility index (Phi) is 7.05. The van der Waals surface area contributed by atoms with Gasteiger partial charge in [-0.3, -0.25) is 4.90 Å². The van der Waals surface area contributed by atoms with Crippen LogP contribution in [0.25, 0.3) is 0 Å². The molecule has 0 aliphatic carbocycles. The Labute approximate surface area is 123 Å². The highest BCUT2D eigenvalue weighted by molar-refractivity contribution is 7.11. The zero-order valence-corrected chi connectivity index (χ0v) is 14.1. The van der Waals surface area contributed by atoms with Crippen molar-refractivity contribution in [1.29, 1.82) is 0 Å². The molecule has 1 N–H and O–H groups in total. The zero-order chi connectivity index (χ0) is 14.3. The fraction of sp³-hybridized carbons (Fsp3) is 0.750. The Morgan fingerprint density at radius 1 is 1.05 bits per heavy atom. The molecule has 19 heavy (non-hydrogen) atoms. The van der Waals surface area contributed by atoms with E-state index in [-0.39, 0.29) is 5.54 Å². The normalized spacial score (nSPS) is 12.3. The third kappa shape index (κ3) is 7.09. The van der Waals surface area contributed by atoms with Crippen LogP contribution in [-0.2, 0) is 13.1 Å². The van der Waals surface area contributed by atoms with Crippen LogP contribution in [0.2, 0.25) is 0 Å². The lowest BCUT2D eigenvalue weighted by molar-refractivity contribution is 0.269. The lowest BCUT2D eigenvalue weighted by Crippen LogP contribution is -2.34. The number of thiophene rings is 1. The summed E-state index contributed by atoms with van der Waals surface area (Å²) in [5, 5.41) is 3.55. The highest BCUT2D eigenvalue weighted by Gasteiger charge is 2.10. The molecule has 1 rings (SSSR count). The van der Waals surface area contributed by atoms with Gasteiger partial charge in [0, 0.05) is 28.4 Å². The summed E-state index contributed by atoms with van der Waals surface area (Å²) in [6.45, 7) is 15.7. The van der Waals surface area contributed by atoms with Gasteiger partial charge in [0.2, 0.25) is 0 Å². The van der Waals surface area contributed by atoms with Gasteiger partial charge in [0.05, 0.1) is 0 Å². The van der Waals surface area contributed by atoms with Crippen LogP contribution in [0.3, 0.4) is 0 Å². The van der Waals surface area contributed by atoms with E-state index in [0.717, 1.165) is 13.1 Å². The first-order valence-corrected chi connectivity index (χ1v) is 8.31. The van der Waals surface area contributed by atoms with Gasteiger partial charge in [-0.25, -0.2) is 0 Å². The maximum atomic E-state index is 3.55. The topological polar surface area (TPSA) is 15.3 Å². The van der Waals surface area contributed by atoms with Gasteiger partial charge in [0.25, 0.3) is 0 Å². The van der Waals surface area contributed by atoms with Crippen LogP contribution < -0.4 is 5.32 Å².